The number of amides is 1. The lowest BCUT2D eigenvalue weighted by Gasteiger charge is -2.22. The lowest BCUT2D eigenvalue weighted by atomic mass is 9.86. The molecule has 0 heterocycles. The molecule has 1 aromatic rings. The summed E-state index contributed by atoms with van der Waals surface area (Å²) in [6, 6.07) is 7.48. The number of benzene rings is 1. The number of nitrogens with zero attached hydrogens (tertiary/aromatic N) is 1. The Morgan fingerprint density at radius 3 is 2.59 bits per heavy atom. The fraction of sp³-hybridized carbons (Fsp3) is 0.385. The average Bonchev–Trinajstić information content (AvgIpc) is 2.26. The van der Waals surface area contributed by atoms with Gasteiger partial charge in [0.05, 0.1) is 0 Å². The van der Waals surface area contributed by atoms with Crippen LogP contribution in [0.1, 0.15) is 26.3 Å². The minimum atomic E-state index is -0.635. The average molecular weight is 233 g/mol. The second-order valence-corrected chi connectivity index (χ2v) is 4.63. The monoisotopic (exact) mass is 233 g/mol. The summed E-state index contributed by atoms with van der Waals surface area (Å²) in [6.07, 6.45) is 1.19. The van der Waals surface area contributed by atoms with E-state index in [4.69, 9.17) is 4.74 Å². The highest BCUT2D eigenvalue weighted by Gasteiger charge is 2.18. The number of carbonyl (C=O) groups is 1. The molecule has 1 amide bonds. The van der Waals surface area contributed by atoms with E-state index in [1.807, 2.05) is 18.2 Å². The van der Waals surface area contributed by atoms with Crippen LogP contribution < -0.4 is 4.74 Å². The van der Waals surface area contributed by atoms with Crippen LogP contribution in [0.15, 0.2) is 29.3 Å². The van der Waals surface area contributed by atoms with Gasteiger partial charge in [0.25, 0.3) is 5.91 Å². The normalized spacial score (nSPS) is 10.5. The van der Waals surface area contributed by atoms with Crippen molar-refractivity contribution in [3.8, 4) is 5.75 Å². The molecule has 1 rings (SSSR count). The first-order valence-corrected chi connectivity index (χ1v) is 5.28. The van der Waals surface area contributed by atoms with Crippen molar-refractivity contribution in [1.29, 1.82) is 0 Å². The van der Waals surface area contributed by atoms with Crippen molar-refractivity contribution in [3.63, 3.8) is 0 Å². The van der Waals surface area contributed by atoms with Crippen LogP contribution in [0.25, 0.3) is 0 Å². The Balaban J connectivity index is 2.85. The zero-order chi connectivity index (χ0) is 12.9. The molecule has 0 saturated heterocycles. The Labute approximate surface area is 100 Å². The van der Waals surface area contributed by atoms with Crippen molar-refractivity contribution in [3.05, 3.63) is 29.8 Å². The van der Waals surface area contributed by atoms with Crippen molar-refractivity contribution in [1.82, 2.24) is 0 Å². The maximum absolute atomic E-state index is 11.0. The smallest absolute Gasteiger partial charge is 0.294 e. The standard InChI is InChI=1S/C13H15NO3/c1-13(2,3)10-6-4-5-7-11(10)17-8-12(16)14-9-15/h4-7H,8H2,1-3H3. The molecule has 0 bridgehead atoms. The van der Waals surface area contributed by atoms with Gasteiger partial charge in [-0.15, -0.1) is 4.99 Å². The Morgan fingerprint density at radius 1 is 1.35 bits per heavy atom. The van der Waals surface area contributed by atoms with E-state index in [1.165, 1.54) is 6.08 Å². The van der Waals surface area contributed by atoms with Crippen LogP contribution in [0, 0.1) is 0 Å². The Hall–Kier alpha value is -1.93. The Morgan fingerprint density at radius 2 is 2.00 bits per heavy atom. The van der Waals surface area contributed by atoms with E-state index in [0.29, 0.717) is 5.75 Å². The second-order valence-electron chi connectivity index (χ2n) is 4.63. The largest absolute Gasteiger partial charge is 0.483 e. The summed E-state index contributed by atoms with van der Waals surface area (Å²) in [6.45, 7) is 5.92. The molecular formula is C13H15NO3. The predicted octanol–water partition coefficient (Wildman–Crippen LogP) is 2.23. The molecule has 17 heavy (non-hydrogen) atoms. The summed E-state index contributed by atoms with van der Waals surface area (Å²) in [5, 5.41) is 0. The van der Waals surface area contributed by atoms with Gasteiger partial charge in [-0.2, -0.15) is 0 Å². The summed E-state index contributed by atoms with van der Waals surface area (Å²) in [5.41, 5.74) is 0.927. The molecule has 0 saturated carbocycles. The maximum atomic E-state index is 11.0. The fourth-order valence-corrected chi connectivity index (χ4v) is 1.43. The van der Waals surface area contributed by atoms with E-state index in [9.17, 15) is 9.59 Å². The highest BCUT2D eigenvalue weighted by molar-refractivity contribution is 5.82. The molecule has 0 fully saturated rings. The van der Waals surface area contributed by atoms with Crippen LogP contribution in [-0.4, -0.2) is 18.6 Å². The minimum absolute atomic E-state index is 0.0758. The molecule has 90 valence electrons. The molecule has 0 unspecified atom stereocenters. The van der Waals surface area contributed by atoms with Crippen LogP contribution in [0.3, 0.4) is 0 Å². The van der Waals surface area contributed by atoms with Crippen LogP contribution in [0.4, 0.5) is 0 Å². The van der Waals surface area contributed by atoms with Crippen molar-refractivity contribution in [2.75, 3.05) is 6.61 Å². The molecule has 4 nitrogen and oxygen atoms in total. The molecular weight excluding hydrogens is 218 g/mol. The summed E-state index contributed by atoms with van der Waals surface area (Å²) < 4.78 is 5.36. The van der Waals surface area contributed by atoms with Gasteiger partial charge in [-0.1, -0.05) is 39.0 Å². The molecule has 0 aliphatic rings. The molecule has 4 heteroatoms. The van der Waals surface area contributed by atoms with Gasteiger partial charge >= 0.3 is 0 Å². The zero-order valence-corrected chi connectivity index (χ0v) is 10.2. The summed E-state index contributed by atoms with van der Waals surface area (Å²) in [7, 11) is 0. The van der Waals surface area contributed by atoms with Crippen LogP contribution in [0.2, 0.25) is 0 Å². The zero-order valence-electron chi connectivity index (χ0n) is 10.2. The molecule has 0 radical (unpaired) electrons. The third-order valence-electron chi connectivity index (χ3n) is 2.22. The van der Waals surface area contributed by atoms with E-state index >= 15 is 0 Å². The molecule has 0 aromatic heterocycles. The van der Waals surface area contributed by atoms with Gasteiger partial charge in [0.2, 0.25) is 6.08 Å². The SMILES string of the molecule is CC(C)(C)c1ccccc1OCC(=O)N=C=O. The highest BCUT2D eigenvalue weighted by Crippen LogP contribution is 2.30. The lowest BCUT2D eigenvalue weighted by Crippen LogP contribution is -2.15. The first kappa shape index (κ1) is 13.1. The molecule has 0 N–H and O–H groups in total. The van der Waals surface area contributed by atoms with Gasteiger partial charge < -0.3 is 4.74 Å². The maximum Gasteiger partial charge on any atom is 0.294 e. The number of isocyanates is 1. The first-order chi connectivity index (χ1) is 7.95. The Kier molecular flexibility index (Phi) is 4.18. The number of ether oxygens (including phenoxy) is 1. The molecule has 1 aromatic carbocycles. The van der Waals surface area contributed by atoms with Crippen LogP contribution in [0.5, 0.6) is 5.75 Å². The minimum Gasteiger partial charge on any atom is -0.483 e. The van der Waals surface area contributed by atoms with E-state index in [1.54, 1.807) is 6.07 Å². The molecule has 0 atom stereocenters. The van der Waals surface area contributed by atoms with Crippen molar-refractivity contribution < 1.29 is 14.3 Å². The number of aliphatic imine (C=N–C) groups is 1. The van der Waals surface area contributed by atoms with E-state index in [-0.39, 0.29) is 12.0 Å². The number of carbonyl (C=O) groups excluding carboxylic acids is 2. The number of hydrogen-bond donors (Lipinski definition) is 0. The van der Waals surface area contributed by atoms with Crippen molar-refractivity contribution in [2.45, 2.75) is 26.2 Å². The number of para-hydroxylation sites is 1. The summed E-state index contributed by atoms with van der Waals surface area (Å²) in [4.78, 5) is 23.9. The fourth-order valence-electron chi connectivity index (χ4n) is 1.43. The third kappa shape index (κ3) is 3.85. The molecule has 0 aliphatic carbocycles. The summed E-state index contributed by atoms with van der Waals surface area (Å²) >= 11 is 0. The van der Waals surface area contributed by atoms with Gasteiger partial charge in [0, 0.05) is 0 Å². The third-order valence-corrected chi connectivity index (χ3v) is 2.22. The van der Waals surface area contributed by atoms with Gasteiger partial charge in [0.15, 0.2) is 6.61 Å². The second kappa shape index (κ2) is 5.41. The van der Waals surface area contributed by atoms with Crippen LogP contribution >= 0.6 is 0 Å². The van der Waals surface area contributed by atoms with E-state index in [0.717, 1.165) is 5.56 Å². The van der Waals surface area contributed by atoms with Crippen molar-refractivity contribution >= 4 is 12.0 Å². The van der Waals surface area contributed by atoms with Crippen LogP contribution in [-0.2, 0) is 15.0 Å². The lowest BCUT2D eigenvalue weighted by molar-refractivity contribution is -0.119. The van der Waals surface area contributed by atoms with Gasteiger partial charge in [-0.25, -0.2) is 4.79 Å². The van der Waals surface area contributed by atoms with E-state index < -0.39 is 5.91 Å². The van der Waals surface area contributed by atoms with Gasteiger partial charge in [0.1, 0.15) is 5.75 Å². The highest BCUT2D eigenvalue weighted by atomic mass is 16.5. The first-order valence-electron chi connectivity index (χ1n) is 5.28. The summed E-state index contributed by atoms with van der Waals surface area (Å²) in [5.74, 6) is -0.00170. The van der Waals surface area contributed by atoms with E-state index in [2.05, 4.69) is 25.8 Å². The van der Waals surface area contributed by atoms with Gasteiger partial charge in [-0.3, -0.25) is 4.79 Å². The topological polar surface area (TPSA) is 55.7 Å². The number of hydrogen-bond acceptors (Lipinski definition) is 3. The predicted molar refractivity (Wildman–Crippen MR) is 63.8 cm³/mol. The van der Waals surface area contributed by atoms with Gasteiger partial charge in [-0.05, 0) is 17.0 Å². The molecule has 0 aliphatic heterocycles. The molecule has 0 spiro atoms. The quantitative estimate of drug-likeness (QED) is 0.594. The van der Waals surface area contributed by atoms with Crippen molar-refractivity contribution in [2.24, 2.45) is 4.99 Å². The number of rotatable bonds is 3. The Bertz CT molecular complexity index is 454.